The zero-order valence-electron chi connectivity index (χ0n) is 11.2. The van der Waals surface area contributed by atoms with Crippen molar-refractivity contribution in [1.29, 1.82) is 0 Å². The van der Waals surface area contributed by atoms with E-state index in [-0.39, 0.29) is 12.1 Å². The molecule has 1 saturated carbocycles. The van der Waals surface area contributed by atoms with Gasteiger partial charge in [0.05, 0.1) is 6.61 Å². The van der Waals surface area contributed by atoms with Crippen LogP contribution in [0.15, 0.2) is 18.2 Å². The third-order valence-corrected chi connectivity index (χ3v) is 4.16. The van der Waals surface area contributed by atoms with Gasteiger partial charge in [-0.2, -0.15) is 0 Å². The molecule has 0 aromatic heterocycles. The number of aliphatic hydroxyl groups is 1. The van der Waals surface area contributed by atoms with Crippen LogP contribution in [0.2, 0.25) is 0 Å². The lowest BCUT2D eigenvalue weighted by Crippen LogP contribution is -2.45. The maximum Gasteiger partial charge on any atom is 0.165 e. The lowest BCUT2D eigenvalue weighted by atomic mass is 9.98. The molecule has 0 saturated heterocycles. The summed E-state index contributed by atoms with van der Waals surface area (Å²) in [4.78, 5) is 0. The summed E-state index contributed by atoms with van der Waals surface area (Å²) in [6.45, 7) is 2.14. The average Bonchev–Trinajstić information content (AvgIpc) is 2.94. The van der Waals surface area contributed by atoms with Crippen molar-refractivity contribution in [2.75, 3.05) is 19.8 Å². The Morgan fingerprint density at radius 2 is 1.95 bits per heavy atom. The fourth-order valence-corrected chi connectivity index (χ4v) is 3.00. The van der Waals surface area contributed by atoms with E-state index in [1.165, 1.54) is 12.8 Å². The first-order chi connectivity index (χ1) is 9.33. The summed E-state index contributed by atoms with van der Waals surface area (Å²) in [6, 6.07) is 5.99. The Balaban J connectivity index is 1.73. The van der Waals surface area contributed by atoms with E-state index in [0.717, 1.165) is 29.9 Å². The van der Waals surface area contributed by atoms with Gasteiger partial charge in [-0.15, -0.1) is 0 Å². The van der Waals surface area contributed by atoms with Crippen LogP contribution < -0.4 is 14.8 Å². The van der Waals surface area contributed by atoms with Crippen molar-refractivity contribution in [2.45, 2.75) is 37.8 Å². The van der Waals surface area contributed by atoms with E-state index in [4.69, 9.17) is 9.47 Å². The molecule has 0 atom stereocenters. The SMILES string of the molecule is OCC1(NCc2cccc3c2OCCO3)CCCC1. The second-order valence-corrected chi connectivity index (χ2v) is 5.44. The number of nitrogens with one attached hydrogen (secondary N) is 1. The minimum atomic E-state index is -0.0990. The average molecular weight is 263 g/mol. The molecule has 19 heavy (non-hydrogen) atoms. The number of rotatable bonds is 4. The maximum absolute atomic E-state index is 9.61. The van der Waals surface area contributed by atoms with Crippen molar-refractivity contribution in [1.82, 2.24) is 5.32 Å². The van der Waals surface area contributed by atoms with Gasteiger partial charge < -0.3 is 19.9 Å². The molecule has 1 heterocycles. The fraction of sp³-hybridized carbons (Fsp3) is 0.600. The lowest BCUT2D eigenvalue weighted by molar-refractivity contribution is 0.157. The summed E-state index contributed by atoms with van der Waals surface area (Å²) in [5, 5.41) is 13.1. The van der Waals surface area contributed by atoms with Gasteiger partial charge in [0.2, 0.25) is 0 Å². The molecule has 1 aromatic carbocycles. The second-order valence-electron chi connectivity index (χ2n) is 5.44. The molecule has 0 radical (unpaired) electrons. The molecule has 2 N–H and O–H groups in total. The standard InChI is InChI=1S/C15H21NO3/c17-11-15(6-1-2-7-15)16-10-12-4-3-5-13-14(12)19-9-8-18-13/h3-5,16-17H,1-2,6-11H2. The van der Waals surface area contributed by atoms with E-state index in [9.17, 15) is 5.11 Å². The van der Waals surface area contributed by atoms with Crippen molar-refractivity contribution in [3.63, 3.8) is 0 Å². The van der Waals surface area contributed by atoms with E-state index in [0.29, 0.717) is 19.8 Å². The van der Waals surface area contributed by atoms with Gasteiger partial charge in [0.25, 0.3) is 0 Å². The van der Waals surface area contributed by atoms with Gasteiger partial charge in [-0.1, -0.05) is 25.0 Å². The van der Waals surface area contributed by atoms with Crippen molar-refractivity contribution in [2.24, 2.45) is 0 Å². The van der Waals surface area contributed by atoms with Gasteiger partial charge >= 0.3 is 0 Å². The van der Waals surface area contributed by atoms with Crippen LogP contribution in [-0.4, -0.2) is 30.5 Å². The molecule has 4 nitrogen and oxygen atoms in total. The molecule has 2 aliphatic rings. The first-order valence-corrected chi connectivity index (χ1v) is 7.06. The molecule has 1 aliphatic heterocycles. The number of para-hydroxylation sites is 1. The van der Waals surface area contributed by atoms with Crippen molar-refractivity contribution < 1.29 is 14.6 Å². The number of fused-ring (bicyclic) bond motifs is 1. The van der Waals surface area contributed by atoms with Crippen LogP contribution in [0.3, 0.4) is 0 Å². The van der Waals surface area contributed by atoms with Gasteiger partial charge in [0, 0.05) is 17.6 Å². The summed E-state index contributed by atoms with van der Waals surface area (Å²) in [5.74, 6) is 1.68. The number of hydrogen-bond donors (Lipinski definition) is 2. The number of benzene rings is 1. The van der Waals surface area contributed by atoms with E-state index in [1.807, 2.05) is 12.1 Å². The van der Waals surface area contributed by atoms with Gasteiger partial charge in [-0.05, 0) is 18.9 Å². The van der Waals surface area contributed by atoms with Gasteiger partial charge in [-0.3, -0.25) is 0 Å². The molecule has 1 aliphatic carbocycles. The highest BCUT2D eigenvalue weighted by Crippen LogP contribution is 2.35. The molecule has 0 unspecified atom stereocenters. The largest absolute Gasteiger partial charge is 0.486 e. The Morgan fingerprint density at radius 3 is 2.74 bits per heavy atom. The van der Waals surface area contributed by atoms with E-state index < -0.39 is 0 Å². The highest BCUT2D eigenvalue weighted by atomic mass is 16.6. The molecule has 3 rings (SSSR count). The number of hydrogen-bond acceptors (Lipinski definition) is 4. The van der Waals surface area contributed by atoms with Crippen LogP contribution in [0.5, 0.6) is 11.5 Å². The fourth-order valence-electron chi connectivity index (χ4n) is 3.00. The Kier molecular flexibility index (Phi) is 3.62. The zero-order chi connectivity index (χ0) is 13.1. The van der Waals surface area contributed by atoms with Gasteiger partial charge in [-0.25, -0.2) is 0 Å². The first kappa shape index (κ1) is 12.8. The number of ether oxygens (including phenoxy) is 2. The predicted molar refractivity (Wildman–Crippen MR) is 72.6 cm³/mol. The highest BCUT2D eigenvalue weighted by Gasteiger charge is 2.32. The third-order valence-electron chi connectivity index (χ3n) is 4.16. The molecule has 0 bridgehead atoms. The van der Waals surface area contributed by atoms with Crippen LogP contribution in [0.4, 0.5) is 0 Å². The molecule has 1 fully saturated rings. The van der Waals surface area contributed by atoms with E-state index in [1.54, 1.807) is 0 Å². The van der Waals surface area contributed by atoms with Crippen molar-refractivity contribution in [3.8, 4) is 11.5 Å². The summed E-state index contributed by atoms with van der Waals surface area (Å²) in [6.07, 6.45) is 4.49. The van der Waals surface area contributed by atoms with Crippen LogP contribution in [0.1, 0.15) is 31.2 Å². The highest BCUT2D eigenvalue weighted by molar-refractivity contribution is 5.47. The normalized spacial score (nSPS) is 20.5. The molecular weight excluding hydrogens is 242 g/mol. The van der Waals surface area contributed by atoms with Crippen LogP contribution in [-0.2, 0) is 6.54 Å². The summed E-state index contributed by atoms with van der Waals surface area (Å²) in [7, 11) is 0. The Hall–Kier alpha value is -1.26. The van der Waals surface area contributed by atoms with Gasteiger partial charge in [0.1, 0.15) is 13.2 Å². The monoisotopic (exact) mass is 263 g/mol. The minimum absolute atomic E-state index is 0.0990. The quantitative estimate of drug-likeness (QED) is 0.870. The molecule has 0 spiro atoms. The summed E-state index contributed by atoms with van der Waals surface area (Å²) in [5.41, 5.74) is 1.01. The van der Waals surface area contributed by atoms with Crippen LogP contribution in [0, 0.1) is 0 Å². The predicted octanol–water partition coefficient (Wildman–Crippen LogP) is 1.85. The van der Waals surface area contributed by atoms with Gasteiger partial charge in [0.15, 0.2) is 11.5 Å². The third kappa shape index (κ3) is 2.55. The maximum atomic E-state index is 9.61. The first-order valence-electron chi connectivity index (χ1n) is 7.06. The lowest BCUT2D eigenvalue weighted by Gasteiger charge is -2.29. The van der Waals surface area contributed by atoms with Crippen molar-refractivity contribution >= 4 is 0 Å². The Labute approximate surface area is 113 Å². The van der Waals surface area contributed by atoms with E-state index >= 15 is 0 Å². The molecule has 1 aromatic rings. The molecular formula is C15H21NO3. The molecule has 4 heteroatoms. The summed E-state index contributed by atoms with van der Waals surface area (Å²) < 4.78 is 11.3. The zero-order valence-corrected chi connectivity index (χ0v) is 11.2. The minimum Gasteiger partial charge on any atom is -0.486 e. The van der Waals surface area contributed by atoms with Crippen LogP contribution in [0.25, 0.3) is 0 Å². The Morgan fingerprint density at radius 1 is 1.16 bits per heavy atom. The van der Waals surface area contributed by atoms with Crippen molar-refractivity contribution in [3.05, 3.63) is 23.8 Å². The topological polar surface area (TPSA) is 50.7 Å². The van der Waals surface area contributed by atoms with Crippen LogP contribution >= 0.6 is 0 Å². The van der Waals surface area contributed by atoms with E-state index in [2.05, 4.69) is 11.4 Å². The second kappa shape index (κ2) is 5.39. The molecule has 104 valence electrons. The Bertz CT molecular complexity index is 441. The molecule has 0 amide bonds. The summed E-state index contributed by atoms with van der Waals surface area (Å²) >= 11 is 0. The number of aliphatic hydroxyl groups excluding tert-OH is 1. The smallest absolute Gasteiger partial charge is 0.165 e.